The Balaban J connectivity index is 1.57. The summed E-state index contributed by atoms with van der Waals surface area (Å²) < 4.78 is 5.72. The van der Waals surface area contributed by atoms with Gasteiger partial charge in [0.2, 0.25) is 0 Å². The number of rotatable bonds is 3. The number of fused-ring (bicyclic) bond motifs is 1. The van der Waals surface area contributed by atoms with Gasteiger partial charge in [0.25, 0.3) is 5.91 Å². The molecule has 6 nitrogen and oxygen atoms in total. The molecule has 0 radical (unpaired) electrons. The first-order valence-electron chi connectivity index (χ1n) is 7.06. The fraction of sp³-hybridized carbons (Fsp3) is 0. The van der Waals surface area contributed by atoms with Crippen LogP contribution < -0.4 is 0 Å². The second-order valence-electron chi connectivity index (χ2n) is 4.97. The van der Waals surface area contributed by atoms with E-state index >= 15 is 0 Å². The van der Waals surface area contributed by atoms with Crippen molar-refractivity contribution in [3.63, 3.8) is 0 Å². The van der Waals surface area contributed by atoms with E-state index in [0.29, 0.717) is 21.0 Å². The van der Waals surface area contributed by atoms with Gasteiger partial charge in [-0.15, -0.1) is 0 Å². The van der Waals surface area contributed by atoms with E-state index in [-0.39, 0.29) is 11.4 Å². The molecule has 25 heavy (non-hydrogen) atoms. The molecule has 0 saturated heterocycles. The van der Waals surface area contributed by atoms with Crippen LogP contribution in [0.5, 0.6) is 0 Å². The van der Waals surface area contributed by atoms with Gasteiger partial charge in [0.1, 0.15) is 5.76 Å². The maximum atomic E-state index is 12.1. The Kier molecular flexibility index (Phi) is 4.24. The lowest BCUT2D eigenvalue weighted by Gasteiger charge is -2.19. The molecule has 2 aromatic rings. The maximum absolute atomic E-state index is 12.1. The molecule has 3 heterocycles. The van der Waals surface area contributed by atoms with Gasteiger partial charge in [0, 0.05) is 9.92 Å². The number of aliphatic imine (C=N–C) groups is 1. The summed E-state index contributed by atoms with van der Waals surface area (Å²) in [4.78, 5) is 17.0. The van der Waals surface area contributed by atoms with Gasteiger partial charge < -0.3 is 4.42 Å². The summed E-state index contributed by atoms with van der Waals surface area (Å²) in [6, 6.07) is 11.0. The molecule has 2 aliphatic heterocycles. The third kappa shape index (κ3) is 3.28. The summed E-state index contributed by atoms with van der Waals surface area (Å²) in [6.07, 6.45) is 1.51. The van der Waals surface area contributed by atoms with Crippen molar-refractivity contribution in [2.45, 2.75) is 9.99 Å². The van der Waals surface area contributed by atoms with E-state index in [9.17, 15) is 4.79 Å². The predicted octanol–water partition coefficient (Wildman–Crippen LogP) is 4.33. The lowest BCUT2D eigenvalue weighted by Crippen LogP contribution is -2.35. The highest BCUT2D eigenvalue weighted by Gasteiger charge is 2.32. The van der Waals surface area contributed by atoms with E-state index in [4.69, 9.17) is 21.4 Å². The summed E-state index contributed by atoms with van der Waals surface area (Å²) in [5.74, 6) is -0.0175. The monoisotopic (exact) mass is 388 g/mol. The summed E-state index contributed by atoms with van der Waals surface area (Å²) in [5.41, 5.74) is 1.68. The summed E-state index contributed by atoms with van der Waals surface area (Å²) in [6.45, 7) is 0. The van der Waals surface area contributed by atoms with Crippen LogP contribution >= 0.6 is 35.1 Å². The highest BCUT2D eigenvalue weighted by atomic mass is 35.5. The van der Waals surface area contributed by atoms with Gasteiger partial charge in [-0.05, 0) is 54.2 Å². The van der Waals surface area contributed by atoms with Crippen molar-refractivity contribution < 1.29 is 9.21 Å². The molecule has 0 aliphatic carbocycles. The number of halogens is 1. The quantitative estimate of drug-likeness (QED) is 0.791. The Bertz CT molecular complexity index is 963. The number of hydrogen-bond acceptors (Lipinski definition) is 6. The number of hydrazone groups is 1. The highest BCUT2D eigenvalue weighted by Crippen LogP contribution is 2.31. The molecule has 1 aromatic carbocycles. The molecule has 124 valence electrons. The highest BCUT2D eigenvalue weighted by molar-refractivity contribution is 8.25. The van der Waals surface area contributed by atoms with Crippen LogP contribution in [0.2, 0.25) is 5.02 Å². The van der Waals surface area contributed by atoms with Crippen LogP contribution in [0.25, 0.3) is 6.08 Å². The van der Waals surface area contributed by atoms with Crippen LogP contribution in [-0.4, -0.2) is 27.5 Å². The summed E-state index contributed by atoms with van der Waals surface area (Å²) in [7, 11) is 0. The Hall–Kier alpha value is -2.29. The Morgan fingerprint density at radius 3 is 2.84 bits per heavy atom. The van der Waals surface area contributed by atoms with Crippen LogP contribution in [0.15, 0.2) is 66.5 Å². The lowest BCUT2D eigenvalue weighted by atomic mass is 10.1. The minimum Gasteiger partial charge on any atom is -0.450 e. The van der Waals surface area contributed by atoms with E-state index in [1.165, 1.54) is 40.2 Å². The first kappa shape index (κ1) is 16.2. The molecule has 1 aromatic heterocycles. The fourth-order valence-corrected chi connectivity index (χ4v) is 3.68. The molecule has 0 unspecified atom stereocenters. The number of nitrogens with zero attached hydrogens (tertiary/aromatic N) is 3. The van der Waals surface area contributed by atoms with E-state index < -0.39 is 5.91 Å². The minimum absolute atomic E-state index is 0.0143. The minimum atomic E-state index is -0.474. The smallest absolute Gasteiger partial charge is 0.283 e. The number of benzene rings is 1. The van der Waals surface area contributed by atoms with Crippen molar-refractivity contribution in [2.24, 2.45) is 10.1 Å². The molecule has 1 amide bonds. The molecule has 4 rings (SSSR count). The van der Waals surface area contributed by atoms with Crippen molar-refractivity contribution in [2.75, 3.05) is 0 Å². The second kappa shape index (κ2) is 6.55. The van der Waals surface area contributed by atoms with Gasteiger partial charge in [-0.1, -0.05) is 23.4 Å². The Labute approximate surface area is 156 Å². The predicted molar refractivity (Wildman–Crippen MR) is 100 cm³/mol. The van der Waals surface area contributed by atoms with Crippen molar-refractivity contribution in [1.82, 2.24) is 5.01 Å². The third-order valence-electron chi connectivity index (χ3n) is 3.32. The first-order chi connectivity index (χ1) is 12.1. The Morgan fingerprint density at radius 1 is 1.24 bits per heavy atom. The molecule has 0 fully saturated rings. The SMILES string of the molecule is N=C1/C(=C/c2ccc(Sc3ccc(Cl)cc3)o2)C(=O)N=C2SC=NN12. The van der Waals surface area contributed by atoms with Crippen molar-refractivity contribution >= 4 is 63.7 Å². The average molecular weight is 389 g/mol. The van der Waals surface area contributed by atoms with Gasteiger partial charge in [0.15, 0.2) is 16.1 Å². The third-order valence-corrected chi connectivity index (χ3v) is 5.17. The van der Waals surface area contributed by atoms with Crippen LogP contribution in [0.4, 0.5) is 0 Å². The zero-order chi connectivity index (χ0) is 17.4. The topological polar surface area (TPSA) is 82.0 Å². The van der Waals surface area contributed by atoms with Crippen LogP contribution in [0, 0.1) is 5.41 Å². The number of nitrogens with one attached hydrogen (secondary N) is 1. The van der Waals surface area contributed by atoms with Crippen molar-refractivity contribution in [3.05, 3.63) is 52.8 Å². The van der Waals surface area contributed by atoms with E-state index in [1.807, 2.05) is 24.3 Å². The molecule has 2 aliphatic rings. The summed E-state index contributed by atoms with van der Waals surface area (Å²) in [5, 5.41) is 15.2. The van der Waals surface area contributed by atoms with E-state index in [1.54, 1.807) is 12.1 Å². The number of thioether (sulfide) groups is 1. The first-order valence-corrected chi connectivity index (χ1v) is 9.14. The molecule has 0 spiro atoms. The number of amidine groups is 2. The number of carbonyl (C=O) groups is 1. The van der Waals surface area contributed by atoms with Crippen molar-refractivity contribution in [1.29, 1.82) is 5.41 Å². The number of hydrogen-bond donors (Lipinski definition) is 1. The number of furan rings is 1. The standard InChI is InChI=1S/C16H9ClN4O2S2/c17-9-1-4-11(5-2-9)25-13-6-3-10(23-13)7-12-14(18)21-16(20-15(12)22)24-8-19-21/h1-8,18H/b12-7-,18-14?. The second-order valence-corrected chi connectivity index (χ2v) is 7.30. The molecule has 9 heteroatoms. The molecule has 1 N–H and O–H groups in total. The number of amides is 1. The van der Waals surface area contributed by atoms with Crippen LogP contribution in [0.1, 0.15) is 5.76 Å². The molecule has 0 atom stereocenters. The van der Waals surface area contributed by atoms with Gasteiger partial charge in [0.05, 0.1) is 11.1 Å². The number of carbonyl (C=O) groups excluding carboxylic acids is 1. The average Bonchev–Trinajstić information content (AvgIpc) is 3.23. The molecular formula is C16H9ClN4O2S2. The molecule has 0 saturated carbocycles. The Morgan fingerprint density at radius 2 is 2.04 bits per heavy atom. The maximum Gasteiger partial charge on any atom is 0.283 e. The van der Waals surface area contributed by atoms with E-state index in [0.717, 1.165) is 4.90 Å². The van der Waals surface area contributed by atoms with E-state index in [2.05, 4.69) is 10.1 Å². The van der Waals surface area contributed by atoms with Gasteiger partial charge in [-0.25, -0.2) is 0 Å². The molecular weight excluding hydrogens is 380 g/mol. The van der Waals surface area contributed by atoms with Crippen molar-refractivity contribution in [3.8, 4) is 0 Å². The summed E-state index contributed by atoms with van der Waals surface area (Å²) >= 11 is 8.52. The zero-order valence-corrected chi connectivity index (χ0v) is 14.9. The van der Waals surface area contributed by atoms with Crippen LogP contribution in [-0.2, 0) is 4.79 Å². The molecule has 0 bridgehead atoms. The van der Waals surface area contributed by atoms with Gasteiger partial charge >= 0.3 is 0 Å². The lowest BCUT2D eigenvalue weighted by molar-refractivity contribution is -0.114. The normalized spacial score (nSPS) is 18.0. The largest absolute Gasteiger partial charge is 0.450 e. The fourth-order valence-electron chi connectivity index (χ4n) is 2.16. The van der Waals surface area contributed by atoms with Gasteiger partial charge in [-0.2, -0.15) is 15.1 Å². The van der Waals surface area contributed by atoms with Crippen LogP contribution in [0.3, 0.4) is 0 Å². The van der Waals surface area contributed by atoms with Gasteiger partial charge in [-0.3, -0.25) is 10.2 Å². The zero-order valence-electron chi connectivity index (χ0n) is 12.5.